The van der Waals surface area contributed by atoms with E-state index in [1.807, 2.05) is 6.33 Å². The van der Waals surface area contributed by atoms with Gasteiger partial charge in [-0.25, -0.2) is 4.98 Å². The SMILES string of the molecule is CCn1cnc(C2CC(=O)CCC2C)c1. The van der Waals surface area contributed by atoms with Crippen molar-refractivity contribution in [2.75, 3.05) is 0 Å². The monoisotopic (exact) mass is 206 g/mol. The molecule has 82 valence electrons. The Hall–Kier alpha value is -1.12. The summed E-state index contributed by atoms with van der Waals surface area (Å²) in [4.78, 5) is 15.8. The molecule has 2 rings (SSSR count). The van der Waals surface area contributed by atoms with Gasteiger partial charge in [-0.2, -0.15) is 0 Å². The van der Waals surface area contributed by atoms with Crippen LogP contribution in [0, 0.1) is 5.92 Å². The summed E-state index contributed by atoms with van der Waals surface area (Å²) in [6.45, 7) is 5.27. The van der Waals surface area contributed by atoms with Crippen LogP contribution in [-0.4, -0.2) is 15.3 Å². The standard InChI is InChI=1S/C12H18N2O/c1-3-14-7-12(13-8-14)11-6-10(15)5-4-9(11)2/h7-9,11H,3-6H2,1-2H3. The Bertz CT molecular complexity index is 356. The summed E-state index contributed by atoms with van der Waals surface area (Å²) in [5.41, 5.74) is 1.09. The highest BCUT2D eigenvalue weighted by atomic mass is 16.1. The molecule has 2 atom stereocenters. The molecule has 1 aliphatic carbocycles. The topological polar surface area (TPSA) is 34.9 Å². The van der Waals surface area contributed by atoms with Crippen molar-refractivity contribution in [1.82, 2.24) is 9.55 Å². The van der Waals surface area contributed by atoms with E-state index in [4.69, 9.17) is 0 Å². The number of aryl methyl sites for hydroxylation is 1. The Morgan fingerprint density at radius 2 is 2.40 bits per heavy atom. The molecule has 0 N–H and O–H groups in total. The number of rotatable bonds is 2. The summed E-state index contributed by atoms with van der Waals surface area (Å²) < 4.78 is 2.07. The van der Waals surface area contributed by atoms with Crippen LogP contribution < -0.4 is 0 Å². The number of carbonyl (C=O) groups excluding carboxylic acids is 1. The fraction of sp³-hybridized carbons (Fsp3) is 0.667. The van der Waals surface area contributed by atoms with Crippen LogP contribution in [0.15, 0.2) is 12.5 Å². The van der Waals surface area contributed by atoms with Gasteiger partial charge in [0.15, 0.2) is 0 Å². The predicted octanol–water partition coefficient (Wildman–Crippen LogP) is 2.38. The smallest absolute Gasteiger partial charge is 0.133 e. The zero-order valence-electron chi connectivity index (χ0n) is 9.44. The molecular weight excluding hydrogens is 188 g/mol. The van der Waals surface area contributed by atoms with Crippen LogP contribution in [-0.2, 0) is 11.3 Å². The minimum absolute atomic E-state index is 0.346. The van der Waals surface area contributed by atoms with E-state index in [0.29, 0.717) is 24.0 Å². The molecule has 2 unspecified atom stereocenters. The molecule has 1 saturated carbocycles. The summed E-state index contributed by atoms with van der Waals surface area (Å²) in [5, 5.41) is 0. The molecule has 0 amide bonds. The van der Waals surface area contributed by atoms with Gasteiger partial charge in [-0.05, 0) is 19.3 Å². The number of aromatic nitrogens is 2. The van der Waals surface area contributed by atoms with Crippen LogP contribution >= 0.6 is 0 Å². The molecule has 1 aliphatic rings. The van der Waals surface area contributed by atoms with E-state index in [0.717, 1.165) is 25.1 Å². The van der Waals surface area contributed by atoms with E-state index in [9.17, 15) is 4.79 Å². The van der Waals surface area contributed by atoms with Gasteiger partial charge in [0.05, 0.1) is 12.0 Å². The highest BCUT2D eigenvalue weighted by molar-refractivity contribution is 5.80. The number of Topliss-reactive ketones (excluding diaryl/α,β-unsaturated/α-hetero) is 1. The van der Waals surface area contributed by atoms with Gasteiger partial charge in [-0.1, -0.05) is 6.92 Å². The molecule has 1 heterocycles. The molecule has 0 aromatic carbocycles. The molecule has 1 aromatic heterocycles. The van der Waals surface area contributed by atoms with Gasteiger partial charge in [0.2, 0.25) is 0 Å². The van der Waals surface area contributed by atoms with E-state index >= 15 is 0 Å². The van der Waals surface area contributed by atoms with Gasteiger partial charge < -0.3 is 4.57 Å². The maximum atomic E-state index is 11.4. The third-order valence-corrected chi connectivity index (χ3v) is 3.41. The molecule has 0 bridgehead atoms. The largest absolute Gasteiger partial charge is 0.337 e. The zero-order valence-corrected chi connectivity index (χ0v) is 9.44. The van der Waals surface area contributed by atoms with E-state index in [-0.39, 0.29) is 0 Å². The summed E-state index contributed by atoms with van der Waals surface area (Å²) >= 11 is 0. The van der Waals surface area contributed by atoms with Crippen molar-refractivity contribution in [3.63, 3.8) is 0 Å². The Kier molecular flexibility index (Phi) is 2.89. The first-order valence-electron chi connectivity index (χ1n) is 5.74. The first-order valence-corrected chi connectivity index (χ1v) is 5.74. The highest BCUT2D eigenvalue weighted by Gasteiger charge is 2.28. The van der Waals surface area contributed by atoms with Gasteiger partial charge in [-0.15, -0.1) is 0 Å². The fourth-order valence-corrected chi connectivity index (χ4v) is 2.28. The first kappa shape index (κ1) is 10.4. The quantitative estimate of drug-likeness (QED) is 0.744. The lowest BCUT2D eigenvalue weighted by Gasteiger charge is -2.26. The van der Waals surface area contributed by atoms with Crippen molar-refractivity contribution in [3.05, 3.63) is 18.2 Å². The minimum Gasteiger partial charge on any atom is -0.337 e. The van der Waals surface area contributed by atoms with Crippen LogP contribution in [0.2, 0.25) is 0 Å². The molecule has 0 saturated heterocycles. The van der Waals surface area contributed by atoms with Crippen LogP contribution in [0.25, 0.3) is 0 Å². The first-order chi connectivity index (χ1) is 7.20. The number of nitrogens with zero attached hydrogens (tertiary/aromatic N) is 2. The zero-order chi connectivity index (χ0) is 10.8. The Morgan fingerprint density at radius 1 is 1.60 bits per heavy atom. The van der Waals surface area contributed by atoms with Crippen LogP contribution in [0.1, 0.15) is 44.7 Å². The van der Waals surface area contributed by atoms with Crippen molar-refractivity contribution in [2.45, 2.75) is 45.6 Å². The molecule has 3 heteroatoms. The average Bonchev–Trinajstić information content (AvgIpc) is 2.70. The lowest BCUT2D eigenvalue weighted by Crippen LogP contribution is -2.21. The Balaban J connectivity index is 2.17. The van der Waals surface area contributed by atoms with Gasteiger partial charge in [0.1, 0.15) is 5.78 Å². The summed E-state index contributed by atoms with van der Waals surface area (Å²) in [6.07, 6.45) is 6.40. The maximum absolute atomic E-state index is 11.4. The van der Waals surface area contributed by atoms with Gasteiger partial charge in [-0.3, -0.25) is 4.79 Å². The molecule has 0 spiro atoms. The highest BCUT2D eigenvalue weighted by Crippen LogP contribution is 2.34. The second-order valence-corrected chi connectivity index (χ2v) is 4.49. The maximum Gasteiger partial charge on any atom is 0.133 e. The lowest BCUT2D eigenvalue weighted by atomic mass is 9.78. The molecule has 1 aromatic rings. The molecular formula is C12H18N2O. The van der Waals surface area contributed by atoms with Gasteiger partial charge >= 0.3 is 0 Å². The second-order valence-electron chi connectivity index (χ2n) is 4.49. The summed E-state index contributed by atoms with van der Waals surface area (Å²) in [6, 6.07) is 0. The third-order valence-electron chi connectivity index (χ3n) is 3.41. The normalized spacial score (nSPS) is 26.9. The summed E-state index contributed by atoms with van der Waals surface area (Å²) in [7, 11) is 0. The van der Waals surface area contributed by atoms with Crippen molar-refractivity contribution in [1.29, 1.82) is 0 Å². The van der Waals surface area contributed by atoms with Crippen molar-refractivity contribution < 1.29 is 4.79 Å². The Morgan fingerprint density at radius 3 is 3.07 bits per heavy atom. The number of hydrogen-bond donors (Lipinski definition) is 0. The second kappa shape index (κ2) is 4.17. The van der Waals surface area contributed by atoms with E-state index in [1.54, 1.807) is 0 Å². The predicted molar refractivity (Wildman–Crippen MR) is 58.7 cm³/mol. The van der Waals surface area contributed by atoms with Crippen LogP contribution in [0.4, 0.5) is 0 Å². The van der Waals surface area contributed by atoms with E-state index < -0.39 is 0 Å². The number of hydrogen-bond acceptors (Lipinski definition) is 2. The number of imidazole rings is 1. The van der Waals surface area contributed by atoms with Crippen molar-refractivity contribution >= 4 is 5.78 Å². The molecule has 0 aliphatic heterocycles. The average molecular weight is 206 g/mol. The molecule has 0 radical (unpaired) electrons. The number of carbonyl (C=O) groups is 1. The van der Waals surface area contributed by atoms with Crippen molar-refractivity contribution in [3.8, 4) is 0 Å². The van der Waals surface area contributed by atoms with E-state index in [1.165, 1.54) is 0 Å². The minimum atomic E-state index is 0.346. The summed E-state index contributed by atoms with van der Waals surface area (Å²) in [5.74, 6) is 1.33. The fourth-order valence-electron chi connectivity index (χ4n) is 2.28. The lowest BCUT2D eigenvalue weighted by molar-refractivity contribution is -0.121. The van der Waals surface area contributed by atoms with E-state index in [2.05, 4.69) is 29.6 Å². The third kappa shape index (κ3) is 2.11. The van der Waals surface area contributed by atoms with Crippen molar-refractivity contribution in [2.24, 2.45) is 5.92 Å². The number of ketones is 1. The van der Waals surface area contributed by atoms with Crippen LogP contribution in [0.3, 0.4) is 0 Å². The van der Waals surface area contributed by atoms with Crippen LogP contribution in [0.5, 0.6) is 0 Å². The Labute approximate surface area is 90.5 Å². The molecule has 1 fully saturated rings. The molecule has 3 nitrogen and oxygen atoms in total. The van der Waals surface area contributed by atoms with Gasteiger partial charge in [0.25, 0.3) is 0 Å². The van der Waals surface area contributed by atoms with Gasteiger partial charge in [0, 0.05) is 31.5 Å². The molecule has 15 heavy (non-hydrogen) atoms.